The van der Waals surface area contributed by atoms with Gasteiger partial charge in [-0.2, -0.15) is 5.10 Å². The van der Waals surface area contributed by atoms with Crippen LogP contribution in [0.15, 0.2) is 35.3 Å². The van der Waals surface area contributed by atoms with Crippen molar-refractivity contribution in [3.05, 3.63) is 62.1 Å². The van der Waals surface area contributed by atoms with Gasteiger partial charge >= 0.3 is 5.97 Å². The summed E-state index contributed by atoms with van der Waals surface area (Å²) in [7, 11) is 0. The van der Waals surface area contributed by atoms with E-state index in [-0.39, 0.29) is 22.8 Å². The summed E-state index contributed by atoms with van der Waals surface area (Å²) in [5, 5.41) is 10.2. The van der Waals surface area contributed by atoms with E-state index in [4.69, 9.17) is 27.9 Å². The maximum Gasteiger partial charge on any atom is 0.312 e. The minimum atomic E-state index is -0.675. The summed E-state index contributed by atoms with van der Waals surface area (Å²) in [6, 6.07) is 6.75. The quantitative estimate of drug-likeness (QED) is 0.613. The molecule has 144 valence electrons. The number of carbonyl (C=O) groups excluding carboxylic acids is 2. The first-order valence-electron chi connectivity index (χ1n) is 8.09. The van der Waals surface area contributed by atoms with E-state index in [1.165, 1.54) is 6.20 Å². The van der Waals surface area contributed by atoms with Gasteiger partial charge in [-0.25, -0.2) is 10.1 Å². The number of halogens is 2. The number of esters is 1. The van der Waals surface area contributed by atoms with Crippen molar-refractivity contribution in [2.75, 3.05) is 11.9 Å². The van der Waals surface area contributed by atoms with E-state index in [1.807, 2.05) is 0 Å². The van der Waals surface area contributed by atoms with E-state index in [2.05, 4.69) is 20.5 Å². The number of amides is 1. The van der Waals surface area contributed by atoms with Gasteiger partial charge in [0.05, 0.1) is 27.5 Å². The minimum Gasteiger partial charge on any atom is -0.455 e. The van der Waals surface area contributed by atoms with Crippen molar-refractivity contribution in [1.82, 2.24) is 15.2 Å². The molecule has 0 spiro atoms. The van der Waals surface area contributed by atoms with Gasteiger partial charge < -0.3 is 10.1 Å². The van der Waals surface area contributed by atoms with Crippen molar-refractivity contribution in [1.29, 1.82) is 0 Å². The van der Waals surface area contributed by atoms with Gasteiger partial charge in [-0.15, -0.1) is 0 Å². The van der Waals surface area contributed by atoms with Crippen LogP contribution in [0.2, 0.25) is 10.0 Å². The molecule has 1 aromatic carbocycles. The second-order valence-corrected chi connectivity index (χ2v) is 6.61. The highest BCUT2D eigenvalue weighted by Crippen LogP contribution is 2.28. The molecule has 0 bridgehead atoms. The number of hydrogen-bond donors (Lipinski definition) is 2. The van der Waals surface area contributed by atoms with E-state index in [0.717, 1.165) is 0 Å². The van der Waals surface area contributed by atoms with Crippen molar-refractivity contribution < 1.29 is 14.3 Å². The number of carbonyl (C=O) groups is 2. The van der Waals surface area contributed by atoms with E-state index in [9.17, 15) is 14.4 Å². The predicted molar refractivity (Wildman–Crippen MR) is 105 cm³/mol. The highest BCUT2D eigenvalue weighted by Gasteiger charge is 2.15. The predicted octanol–water partition coefficient (Wildman–Crippen LogP) is 2.66. The molecule has 0 aliphatic carbocycles. The molecule has 0 saturated heterocycles. The maximum absolute atomic E-state index is 12.1. The number of ether oxygens (including phenoxy) is 1. The monoisotopic (exact) mass is 420 g/mol. The van der Waals surface area contributed by atoms with Crippen LogP contribution in [0.3, 0.4) is 0 Å². The van der Waals surface area contributed by atoms with Crippen molar-refractivity contribution in [2.24, 2.45) is 0 Å². The average Bonchev–Trinajstić information content (AvgIpc) is 2.69. The molecule has 28 heavy (non-hydrogen) atoms. The van der Waals surface area contributed by atoms with E-state index in [0.29, 0.717) is 27.1 Å². The van der Waals surface area contributed by atoms with Gasteiger partial charge in [-0.05, 0) is 18.6 Å². The zero-order chi connectivity index (χ0) is 20.3. The van der Waals surface area contributed by atoms with Crippen LogP contribution in [0, 0.1) is 6.92 Å². The molecular weight excluding hydrogens is 407 g/mol. The second kappa shape index (κ2) is 8.37. The lowest BCUT2D eigenvalue weighted by Crippen LogP contribution is -2.23. The highest BCUT2D eigenvalue weighted by atomic mass is 35.5. The van der Waals surface area contributed by atoms with Crippen molar-refractivity contribution in [3.8, 4) is 0 Å². The summed E-state index contributed by atoms with van der Waals surface area (Å²) < 4.78 is 4.97. The molecule has 3 rings (SSSR count). The Bertz CT molecular complexity index is 1130. The van der Waals surface area contributed by atoms with Gasteiger partial charge in [0, 0.05) is 11.6 Å². The smallest absolute Gasteiger partial charge is 0.312 e. The highest BCUT2D eigenvalue weighted by molar-refractivity contribution is 6.37. The number of pyridine rings is 1. The van der Waals surface area contributed by atoms with Crippen LogP contribution in [0.1, 0.15) is 11.3 Å². The summed E-state index contributed by atoms with van der Waals surface area (Å²) in [5.41, 5.74) is 0.565. The molecule has 2 heterocycles. The molecule has 8 nitrogen and oxygen atoms in total. The Balaban J connectivity index is 1.62. The third-order valence-electron chi connectivity index (χ3n) is 3.91. The maximum atomic E-state index is 12.1. The van der Waals surface area contributed by atoms with Crippen LogP contribution in [-0.4, -0.2) is 33.7 Å². The summed E-state index contributed by atoms with van der Waals surface area (Å²) in [6.45, 7) is 1.16. The third-order valence-corrected chi connectivity index (χ3v) is 4.75. The molecule has 0 fully saturated rings. The number of nitrogens with zero attached hydrogens (tertiary/aromatic N) is 2. The van der Waals surface area contributed by atoms with Crippen LogP contribution in [0.25, 0.3) is 10.8 Å². The van der Waals surface area contributed by atoms with Gasteiger partial charge in [-0.1, -0.05) is 41.4 Å². The molecule has 0 unspecified atom stereocenters. The number of rotatable bonds is 5. The largest absolute Gasteiger partial charge is 0.455 e. The SMILES string of the molecule is Cc1c(Cl)cnc(NC(=O)COC(=O)Cc2n[nH]c(=O)c3ccccc23)c1Cl. The molecule has 2 N–H and O–H groups in total. The topological polar surface area (TPSA) is 114 Å². The first-order valence-corrected chi connectivity index (χ1v) is 8.84. The number of benzene rings is 1. The lowest BCUT2D eigenvalue weighted by molar-refractivity contribution is -0.146. The Labute approximate surface area is 168 Å². The van der Waals surface area contributed by atoms with E-state index < -0.39 is 18.5 Å². The van der Waals surface area contributed by atoms with Crippen LogP contribution in [0.5, 0.6) is 0 Å². The standard InChI is InChI=1S/C18H14Cl2N4O4/c1-9-12(19)7-21-17(16(9)20)22-14(25)8-28-15(26)6-13-10-4-2-3-5-11(10)18(27)24-23-13/h2-5,7H,6,8H2,1H3,(H,24,27)(H,21,22,25). The molecule has 3 aromatic rings. The van der Waals surface area contributed by atoms with Gasteiger partial charge in [-0.3, -0.25) is 14.4 Å². The Morgan fingerprint density at radius 2 is 1.93 bits per heavy atom. The van der Waals surface area contributed by atoms with Crippen molar-refractivity contribution in [2.45, 2.75) is 13.3 Å². The number of nitrogens with one attached hydrogen (secondary N) is 2. The molecule has 0 aliphatic heterocycles. The summed E-state index contributed by atoms with van der Waals surface area (Å²) >= 11 is 12.0. The second-order valence-electron chi connectivity index (χ2n) is 5.82. The first kappa shape index (κ1) is 19.8. The van der Waals surface area contributed by atoms with E-state index in [1.54, 1.807) is 31.2 Å². The van der Waals surface area contributed by atoms with Crippen LogP contribution in [-0.2, 0) is 20.7 Å². The molecule has 0 saturated carbocycles. The molecule has 0 atom stereocenters. The normalized spacial score (nSPS) is 10.7. The zero-order valence-electron chi connectivity index (χ0n) is 14.6. The molecule has 2 aromatic heterocycles. The Morgan fingerprint density at radius 1 is 1.21 bits per heavy atom. The summed E-state index contributed by atoms with van der Waals surface area (Å²) in [4.78, 5) is 39.8. The Hall–Kier alpha value is -2.97. The van der Waals surface area contributed by atoms with Crippen LogP contribution in [0.4, 0.5) is 5.82 Å². The van der Waals surface area contributed by atoms with Crippen LogP contribution < -0.4 is 10.9 Å². The first-order chi connectivity index (χ1) is 13.4. The molecular formula is C18H14Cl2N4O4. The Morgan fingerprint density at radius 3 is 2.68 bits per heavy atom. The fraction of sp³-hybridized carbons (Fsp3) is 0.167. The average molecular weight is 421 g/mol. The minimum absolute atomic E-state index is 0.123. The lowest BCUT2D eigenvalue weighted by Gasteiger charge is -2.09. The number of anilines is 1. The van der Waals surface area contributed by atoms with E-state index >= 15 is 0 Å². The molecule has 0 aliphatic rings. The van der Waals surface area contributed by atoms with Gasteiger partial charge in [0.25, 0.3) is 11.5 Å². The third kappa shape index (κ3) is 4.29. The Kier molecular flexibility index (Phi) is 5.91. The number of fused-ring (bicyclic) bond motifs is 1. The van der Waals surface area contributed by atoms with Crippen LogP contribution >= 0.6 is 23.2 Å². The number of aromatic amines is 1. The lowest BCUT2D eigenvalue weighted by atomic mass is 10.1. The number of H-pyrrole nitrogens is 1. The van der Waals surface area contributed by atoms with Gasteiger partial charge in [0.15, 0.2) is 12.4 Å². The number of aromatic nitrogens is 3. The molecule has 1 amide bonds. The van der Waals surface area contributed by atoms with Crippen molar-refractivity contribution in [3.63, 3.8) is 0 Å². The molecule has 10 heteroatoms. The molecule has 0 radical (unpaired) electrons. The fourth-order valence-electron chi connectivity index (χ4n) is 2.45. The number of hydrogen-bond acceptors (Lipinski definition) is 6. The fourth-order valence-corrected chi connectivity index (χ4v) is 2.84. The zero-order valence-corrected chi connectivity index (χ0v) is 16.1. The van der Waals surface area contributed by atoms with Gasteiger partial charge in [0.1, 0.15) is 0 Å². The summed E-state index contributed by atoms with van der Waals surface area (Å²) in [6.07, 6.45) is 1.15. The summed E-state index contributed by atoms with van der Waals surface area (Å²) in [5.74, 6) is -1.16. The van der Waals surface area contributed by atoms with Gasteiger partial charge in [0.2, 0.25) is 0 Å². The van der Waals surface area contributed by atoms with Crippen molar-refractivity contribution >= 4 is 51.7 Å².